The summed E-state index contributed by atoms with van der Waals surface area (Å²) < 4.78 is 4.92. The van der Waals surface area contributed by atoms with Crippen molar-refractivity contribution in [1.29, 1.82) is 0 Å². The van der Waals surface area contributed by atoms with Crippen LogP contribution in [0.25, 0.3) is 0 Å². The van der Waals surface area contributed by atoms with Crippen LogP contribution in [0.2, 0.25) is 0 Å². The number of aromatic hydroxyl groups is 1. The van der Waals surface area contributed by atoms with Gasteiger partial charge < -0.3 is 20.9 Å². The van der Waals surface area contributed by atoms with E-state index in [2.05, 4.69) is 5.32 Å². The molecule has 5 nitrogen and oxygen atoms in total. The molecule has 1 amide bonds. The van der Waals surface area contributed by atoms with Gasteiger partial charge in [0.1, 0.15) is 0 Å². The summed E-state index contributed by atoms with van der Waals surface area (Å²) >= 11 is 0. The Morgan fingerprint density at radius 3 is 2.63 bits per heavy atom. The SMILES string of the molecule is COc1ccc(C(=O)Nc2ccccc2N)cc1O. The number of para-hydroxylation sites is 2. The van der Waals surface area contributed by atoms with E-state index in [0.29, 0.717) is 22.7 Å². The van der Waals surface area contributed by atoms with Crippen molar-refractivity contribution in [2.24, 2.45) is 0 Å². The maximum atomic E-state index is 12.0. The Hall–Kier alpha value is -2.69. The van der Waals surface area contributed by atoms with Crippen molar-refractivity contribution in [2.75, 3.05) is 18.2 Å². The van der Waals surface area contributed by atoms with Crippen molar-refractivity contribution in [3.05, 3.63) is 48.0 Å². The third-order valence-corrected chi connectivity index (χ3v) is 2.65. The number of carbonyl (C=O) groups is 1. The number of benzene rings is 2. The summed E-state index contributed by atoms with van der Waals surface area (Å²) in [4.78, 5) is 12.0. The fourth-order valence-electron chi connectivity index (χ4n) is 1.64. The Bertz CT molecular complexity index is 611. The zero-order chi connectivity index (χ0) is 13.8. The zero-order valence-corrected chi connectivity index (χ0v) is 10.4. The number of nitrogen functional groups attached to an aromatic ring is 1. The first-order valence-electron chi connectivity index (χ1n) is 5.64. The van der Waals surface area contributed by atoms with Crippen LogP contribution >= 0.6 is 0 Å². The third kappa shape index (κ3) is 2.77. The molecule has 0 radical (unpaired) electrons. The molecule has 0 aliphatic heterocycles. The van der Waals surface area contributed by atoms with Crippen molar-refractivity contribution >= 4 is 17.3 Å². The van der Waals surface area contributed by atoms with Gasteiger partial charge in [-0.3, -0.25) is 4.79 Å². The van der Waals surface area contributed by atoms with Crippen LogP contribution in [0.5, 0.6) is 11.5 Å². The molecular formula is C14H14N2O3. The van der Waals surface area contributed by atoms with Crippen LogP contribution in [0.3, 0.4) is 0 Å². The first-order valence-corrected chi connectivity index (χ1v) is 5.64. The number of hydrogen-bond donors (Lipinski definition) is 3. The smallest absolute Gasteiger partial charge is 0.255 e. The van der Waals surface area contributed by atoms with E-state index in [1.165, 1.54) is 19.2 Å². The van der Waals surface area contributed by atoms with Crippen LogP contribution in [-0.4, -0.2) is 18.1 Å². The van der Waals surface area contributed by atoms with Crippen LogP contribution in [0.4, 0.5) is 11.4 Å². The number of nitrogens with two attached hydrogens (primary N) is 1. The molecule has 2 rings (SSSR count). The molecule has 0 saturated heterocycles. The first kappa shape index (κ1) is 12.8. The molecule has 0 spiro atoms. The van der Waals surface area contributed by atoms with Gasteiger partial charge in [-0.25, -0.2) is 0 Å². The number of phenolic OH excluding ortho intramolecular Hbond substituents is 1. The topological polar surface area (TPSA) is 84.6 Å². The molecule has 0 aromatic heterocycles. The lowest BCUT2D eigenvalue weighted by Gasteiger charge is -2.09. The summed E-state index contributed by atoms with van der Waals surface area (Å²) in [5.74, 6) is -0.122. The maximum absolute atomic E-state index is 12.0. The van der Waals surface area contributed by atoms with E-state index in [-0.39, 0.29) is 11.7 Å². The molecule has 5 heteroatoms. The highest BCUT2D eigenvalue weighted by Crippen LogP contribution is 2.27. The Morgan fingerprint density at radius 1 is 1.26 bits per heavy atom. The van der Waals surface area contributed by atoms with E-state index in [4.69, 9.17) is 10.5 Å². The lowest BCUT2D eigenvalue weighted by Crippen LogP contribution is -2.13. The Kier molecular flexibility index (Phi) is 3.56. The van der Waals surface area contributed by atoms with Gasteiger partial charge in [-0.15, -0.1) is 0 Å². The van der Waals surface area contributed by atoms with Crippen molar-refractivity contribution in [3.8, 4) is 11.5 Å². The van der Waals surface area contributed by atoms with E-state index < -0.39 is 0 Å². The molecule has 0 atom stereocenters. The van der Waals surface area contributed by atoms with Crippen molar-refractivity contribution in [3.63, 3.8) is 0 Å². The van der Waals surface area contributed by atoms with E-state index >= 15 is 0 Å². The number of anilines is 2. The summed E-state index contributed by atoms with van der Waals surface area (Å²) in [5, 5.41) is 12.3. The summed E-state index contributed by atoms with van der Waals surface area (Å²) in [5.41, 5.74) is 7.07. The minimum absolute atomic E-state index is 0.0869. The number of phenols is 1. The second-order valence-corrected chi connectivity index (χ2v) is 3.93. The maximum Gasteiger partial charge on any atom is 0.255 e. The molecule has 0 heterocycles. The Morgan fingerprint density at radius 2 is 2.00 bits per heavy atom. The third-order valence-electron chi connectivity index (χ3n) is 2.65. The largest absolute Gasteiger partial charge is 0.504 e. The van der Waals surface area contributed by atoms with Crippen molar-refractivity contribution < 1.29 is 14.6 Å². The van der Waals surface area contributed by atoms with Gasteiger partial charge in [0, 0.05) is 5.56 Å². The second kappa shape index (κ2) is 5.30. The van der Waals surface area contributed by atoms with Gasteiger partial charge in [-0.05, 0) is 30.3 Å². The minimum Gasteiger partial charge on any atom is -0.504 e. The number of rotatable bonds is 3. The van der Waals surface area contributed by atoms with Crippen molar-refractivity contribution in [1.82, 2.24) is 0 Å². The molecule has 0 aliphatic carbocycles. The second-order valence-electron chi connectivity index (χ2n) is 3.93. The number of amides is 1. The van der Waals surface area contributed by atoms with Crippen LogP contribution in [0, 0.1) is 0 Å². The highest BCUT2D eigenvalue weighted by molar-refractivity contribution is 6.06. The average molecular weight is 258 g/mol. The molecule has 2 aromatic carbocycles. The fraction of sp³-hybridized carbons (Fsp3) is 0.0714. The van der Waals surface area contributed by atoms with Gasteiger partial charge in [-0.1, -0.05) is 12.1 Å². The number of carbonyl (C=O) groups excluding carboxylic acids is 1. The van der Waals surface area contributed by atoms with Crippen LogP contribution in [0.1, 0.15) is 10.4 Å². The van der Waals surface area contributed by atoms with E-state index in [1.807, 2.05) is 0 Å². The van der Waals surface area contributed by atoms with Gasteiger partial charge in [0.05, 0.1) is 18.5 Å². The minimum atomic E-state index is -0.351. The van der Waals surface area contributed by atoms with Crippen LogP contribution in [-0.2, 0) is 0 Å². The zero-order valence-electron chi connectivity index (χ0n) is 10.4. The Labute approximate surface area is 110 Å². The average Bonchev–Trinajstić information content (AvgIpc) is 2.41. The quantitative estimate of drug-likeness (QED) is 0.737. The molecule has 0 aliphatic rings. The molecule has 98 valence electrons. The molecule has 19 heavy (non-hydrogen) atoms. The number of hydrogen-bond acceptors (Lipinski definition) is 4. The predicted molar refractivity (Wildman–Crippen MR) is 73.5 cm³/mol. The summed E-state index contributed by atoms with van der Waals surface area (Å²) in [7, 11) is 1.44. The summed E-state index contributed by atoms with van der Waals surface area (Å²) in [6.07, 6.45) is 0. The number of ether oxygens (including phenoxy) is 1. The highest BCUT2D eigenvalue weighted by Gasteiger charge is 2.10. The number of methoxy groups -OCH3 is 1. The van der Waals surface area contributed by atoms with Crippen LogP contribution < -0.4 is 15.8 Å². The summed E-state index contributed by atoms with van der Waals surface area (Å²) in [6, 6.07) is 11.4. The van der Waals surface area contributed by atoms with E-state index in [9.17, 15) is 9.90 Å². The monoisotopic (exact) mass is 258 g/mol. The molecule has 0 unspecified atom stereocenters. The van der Waals surface area contributed by atoms with Crippen LogP contribution in [0.15, 0.2) is 42.5 Å². The van der Waals surface area contributed by atoms with E-state index in [1.54, 1.807) is 30.3 Å². The standard InChI is InChI=1S/C14H14N2O3/c1-19-13-7-6-9(8-12(13)17)14(18)16-11-5-3-2-4-10(11)15/h2-8,17H,15H2,1H3,(H,16,18). The van der Waals surface area contributed by atoms with Gasteiger partial charge in [0.2, 0.25) is 0 Å². The Balaban J connectivity index is 2.21. The van der Waals surface area contributed by atoms with Gasteiger partial charge in [-0.2, -0.15) is 0 Å². The predicted octanol–water partition coefficient (Wildman–Crippen LogP) is 2.24. The molecule has 0 saturated carbocycles. The lowest BCUT2D eigenvalue weighted by molar-refractivity contribution is 0.102. The number of nitrogens with one attached hydrogen (secondary N) is 1. The lowest BCUT2D eigenvalue weighted by atomic mass is 10.1. The first-order chi connectivity index (χ1) is 9.11. The van der Waals surface area contributed by atoms with Gasteiger partial charge in [0.25, 0.3) is 5.91 Å². The molecule has 0 fully saturated rings. The molecular weight excluding hydrogens is 244 g/mol. The highest BCUT2D eigenvalue weighted by atomic mass is 16.5. The van der Waals surface area contributed by atoms with Gasteiger partial charge in [0.15, 0.2) is 11.5 Å². The molecule has 0 bridgehead atoms. The molecule has 4 N–H and O–H groups in total. The summed E-state index contributed by atoms with van der Waals surface area (Å²) in [6.45, 7) is 0. The van der Waals surface area contributed by atoms with Gasteiger partial charge >= 0.3 is 0 Å². The fourth-order valence-corrected chi connectivity index (χ4v) is 1.64. The normalized spacial score (nSPS) is 9.95. The van der Waals surface area contributed by atoms with E-state index in [0.717, 1.165) is 0 Å². The van der Waals surface area contributed by atoms with Crippen molar-refractivity contribution in [2.45, 2.75) is 0 Å². The molecule has 2 aromatic rings.